The summed E-state index contributed by atoms with van der Waals surface area (Å²) in [6.07, 6.45) is 8.42. The van der Waals surface area contributed by atoms with E-state index in [2.05, 4.69) is 10.4 Å². The van der Waals surface area contributed by atoms with Gasteiger partial charge in [-0.1, -0.05) is 6.07 Å². The second kappa shape index (κ2) is 6.40. The molecule has 0 spiro atoms. The molecule has 0 saturated heterocycles. The first-order valence-electron chi connectivity index (χ1n) is 10.5. The maximum atomic E-state index is 12.9. The molecule has 4 aliphatic carbocycles. The number of benzene rings is 1. The van der Waals surface area contributed by atoms with E-state index in [1.807, 2.05) is 32.0 Å². The third kappa shape index (κ3) is 3.12. The van der Waals surface area contributed by atoms with E-state index >= 15 is 0 Å². The van der Waals surface area contributed by atoms with E-state index in [9.17, 15) is 14.9 Å². The molecule has 1 aromatic heterocycles. The molecular formula is C22H26N4O3. The Bertz CT molecular complexity index is 954. The van der Waals surface area contributed by atoms with Gasteiger partial charge in [0.2, 0.25) is 5.69 Å². The molecule has 1 N–H and O–H groups in total. The molecule has 7 nitrogen and oxygen atoms in total. The van der Waals surface area contributed by atoms with Crippen molar-refractivity contribution in [1.29, 1.82) is 0 Å². The Hall–Kier alpha value is -2.70. The number of amides is 1. The van der Waals surface area contributed by atoms with Gasteiger partial charge < -0.3 is 5.32 Å². The molecule has 1 heterocycles. The third-order valence-corrected chi connectivity index (χ3v) is 7.08. The lowest BCUT2D eigenvalue weighted by atomic mass is 9.53. The Morgan fingerprint density at radius 1 is 1.10 bits per heavy atom. The van der Waals surface area contributed by atoms with Crippen molar-refractivity contribution >= 4 is 17.3 Å². The lowest BCUT2D eigenvalue weighted by Gasteiger charge is -2.56. The van der Waals surface area contributed by atoms with E-state index in [0.29, 0.717) is 23.4 Å². The van der Waals surface area contributed by atoms with Gasteiger partial charge in [0.1, 0.15) is 6.20 Å². The fraction of sp³-hybridized carbons (Fsp3) is 0.545. The van der Waals surface area contributed by atoms with Gasteiger partial charge in [0.05, 0.1) is 10.5 Å². The highest BCUT2D eigenvalue weighted by Crippen LogP contribution is 2.58. The quantitative estimate of drug-likeness (QED) is 0.607. The molecule has 6 rings (SSSR count). The minimum Gasteiger partial charge on any atom is -0.320 e. The SMILES string of the molecule is Cc1cc(C)cc(NC(=O)c2nn(C34CC5CC(CC(C5)C3)C4)cc2[N+](=O)[O-])c1. The number of aromatic nitrogens is 2. The first-order valence-corrected chi connectivity index (χ1v) is 10.5. The number of carbonyl (C=O) groups is 1. The van der Waals surface area contributed by atoms with Gasteiger partial charge in [-0.3, -0.25) is 19.6 Å². The summed E-state index contributed by atoms with van der Waals surface area (Å²) in [7, 11) is 0. The highest BCUT2D eigenvalue weighted by Gasteiger charge is 2.53. The molecule has 0 radical (unpaired) electrons. The lowest BCUT2D eigenvalue weighted by molar-refractivity contribution is -0.385. The topological polar surface area (TPSA) is 90.1 Å². The largest absolute Gasteiger partial charge is 0.320 e. The van der Waals surface area contributed by atoms with Crippen LogP contribution in [0.15, 0.2) is 24.4 Å². The standard InChI is InChI=1S/C22H26N4O3/c1-13-3-14(2)5-18(4-13)23-21(27)20-19(26(28)29)12-25(24-20)22-9-15-6-16(10-22)8-17(7-15)11-22/h3-5,12,15-17H,6-11H2,1-2H3,(H,23,27). The molecule has 4 fully saturated rings. The van der Waals surface area contributed by atoms with Crippen LogP contribution in [0.25, 0.3) is 0 Å². The van der Waals surface area contributed by atoms with Crippen molar-refractivity contribution in [2.24, 2.45) is 17.8 Å². The zero-order valence-corrected chi connectivity index (χ0v) is 16.9. The minimum absolute atomic E-state index is 0.0927. The van der Waals surface area contributed by atoms with Crippen LogP contribution in [0.2, 0.25) is 0 Å². The molecule has 1 aromatic carbocycles. The van der Waals surface area contributed by atoms with Gasteiger partial charge in [-0.05, 0) is 93.4 Å². The summed E-state index contributed by atoms with van der Waals surface area (Å²) >= 11 is 0. The normalized spacial score (nSPS) is 29.8. The Balaban J connectivity index is 1.48. The summed E-state index contributed by atoms with van der Waals surface area (Å²) < 4.78 is 1.78. The Kier molecular flexibility index (Phi) is 4.05. The van der Waals surface area contributed by atoms with E-state index < -0.39 is 10.8 Å². The maximum absolute atomic E-state index is 12.9. The van der Waals surface area contributed by atoms with Gasteiger partial charge >= 0.3 is 5.69 Å². The highest BCUT2D eigenvalue weighted by atomic mass is 16.6. The van der Waals surface area contributed by atoms with Crippen molar-refractivity contribution in [1.82, 2.24) is 9.78 Å². The van der Waals surface area contributed by atoms with E-state index in [-0.39, 0.29) is 16.9 Å². The van der Waals surface area contributed by atoms with Crippen molar-refractivity contribution in [2.45, 2.75) is 57.9 Å². The monoisotopic (exact) mass is 394 g/mol. The number of nitro groups is 1. The number of aryl methyl sites for hydroxylation is 2. The van der Waals surface area contributed by atoms with Crippen LogP contribution in [-0.2, 0) is 5.54 Å². The number of carbonyl (C=O) groups excluding carboxylic acids is 1. The number of hydrogen-bond donors (Lipinski definition) is 1. The van der Waals surface area contributed by atoms with E-state index in [0.717, 1.165) is 30.4 Å². The zero-order valence-electron chi connectivity index (χ0n) is 16.9. The van der Waals surface area contributed by atoms with Crippen LogP contribution in [0, 0.1) is 41.7 Å². The summed E-state index contributed by atoms with van der Waals surface area (Å²) in [5.41, 5.74) is 2.22. The van der Waals surface area contributed by atoms with Crippen LogP contribution in [0.3, 0.4) is 0 Å². The van der Waals surface area contributed by atoms with Crippen molar-refractivity contribution in [3.63, 3.8) is 0 Å². The van der Waals surface area contributed by atoms with E-state index in [1.54, 1.807) is 4.68 Å². The average Bonchev–Trinajstić information content (AvgIpc) is 3.06. The first-order chi connectivity index (χ1) is 13.8. The highest BCUT2D eigenvalue weighted by molar-refractivity contribution is 6.05. The molecule has 29 heavy (non-hydrogen) atoms. The zero-order chi connectivity index (χ0) is 20.3. The second-order valence-corrected chi connectivity index (χ2v) is 9.54. The van der Waals surface area contributed by atoms with E-state index in [1.165, 1.54) is 25.5 Å². The summed E-state index contributed by atoms with van der Waals surface area (Å²) in [6, 6.07) is 5.72. The van der Waals surface area contributed by atoms with Gasteiger partial charge in [0.15, 0.2) is 0 Å². The molecular weight excluding hydrogens is 368 g/mol. The molecule has 4 bridgehead atoms. The first kappa shape index (κ1) is 18.3. The second-order valence-electron chi connectivity index (χ2n) is 9.54. The lowest BCUT2D eigenvalue weighted by Crippen LogP contribution is -2.52. The molecule has 152 valence electrons. The predicted molar refractivity (Wildman–Crippen MR) is 109 cm³/mol. The van der Waals surface area contributed by atoms with Crippen LogP contribution in [-0.4, -0.2) is 20.6 Å². The van der Waals surface area contributed by atoms with Crippen molar-refractivity contribution in [3.05, 3.63) is 51.3 Å². The predicted octanol–water partition coefficient (Wildman–Crippen LogP) is 4.59. The summed E-state index contributed by atoms with van der Waals surface area (Å²) in [5.74, 6) is 1.55. The molecule has 0 unspecified atom stereocenters. The van der Waals surface area contributed by atoms with Crippen molar-refractivity contribution in [3.8, 4) is 0 Å². The number of rotatable bonds is 4. The third-order valence-electron chi connectivity index (χ3n) is 7.08. The Morgan fingerprint density at radius 3 is 2.17 bits per heavy atom. The number of nitrogens with zero attached hydrogens (tertiary/aromatic N) is 3. The van der Waals surface area contributed by atoms with Crippen LogP contribution in [0.1, 0.15) is 60.1 Å². The van der Waals surface area contributed by atoms with Gasteiger partial charge in [-0.15, -0.1) is 0 Å². The van der Waals surface area contributed by atoms with Crippen LogP contribution in [0.4, 0.5) is 11.4 Å². The van der Waals surface area contributed by atoms with Crippen molar-refractivity contribution in [2.75, 3.05) is 5.32 Å². The van der Waals surface area contributed by atoms with Crippen molar-refractivity contribution < 1.29 is 9.72 Å². The summed E-state index contributed by atoms with van der Waals surface area (Å²) in [6.45, 7) is 3.90. The molecule has 0 atom stereocenters. The maximum Gasteiger partial charge on any atom is 0.320 e. The van der Waals surface area contributed by atoms with Crippen LogP contribution < -0.4 is 5.32 Å². The van der Waals surface area contributed by atoms with E-state index in [4.69, 9.17) is 0 Å². The fourth-order valence-corrected chi connectivity index (χ4v) is 6.49. The molecule has 1 amide bonds. The average molecular weight is 394 g/mol. The van der Waals surface area contributed by atoms with Gasteiger partial charge in [-0.25, -0.2) is 0 Å². The smallest absolute Gasteiger partial charge is 0.320 e. The molecule has 7 heteroatoms. The number of anilines is 1. The fourth-order valence-electron chi connectivity index (χ4n) is 6.49. The Labute approximate surface area is 169 Å². The summed E-state index contributed by atoms with van der Waals surface area (Å²) in [4.78, 5) is 24.1. The molecule has 0 aliphatic heterocycles. The molecule has 2 aromatic rings. The minimum atomic E-state index is -0.523. The van der Waals surface area contributed by atoms with Crippen LogP contribution in [0.5, 0.6) is 0 Å². The Morgan fingerprint density at radius 2 is 1.66 bits per heavy atom. The van der Waals surface area contributed by atoms with Crippen LogP contribution >= 0.6 is 0 Å². The number of nitrogens with one attached hydrogen (secondary N) is 1. The summed E-state index contributed by atoms with van der Waals surface area (Å²) in [5, 5.41) is 19.0. The van der Waals surface area contributed by atoms with Gasteiger partial charge in [0, 0.05) is 5.69 Å². The molecule has 4 saturated carbocycles. The van der Waals surface area contributed by atoms with Gasteiger partial charge in [-0.2, -0.15) is 5.10 Å². The number of hydrogen-bond acceptors (Lipinski definition) is 4. The molecule has 4 aliphatic rings. The van der Waals surface area contributed by atoms with Gasteiger partial charge in [0.25, 0.3) is 5.91 Å².